The number of aromatic nitrogens is 1. The van der Waals surface area contributed by atoms with Crippen LogP contribution in [0.5, 0.6) is 0 Å². The van der Waals surface area contributed by atoms with Crippen molar-refractivity contribution in [3.8, 4) is 0 Å². The van der Waals surface area contributed by atoms with E-state index in [2.05, 4.69) is 35.7 Å². The van der Waals surface area contributed by atoms with E-state index in [1.165, 1.54) is 11.0 Å². The van der Waals surface area contributed by atoms with E-state index >= 15 is 0 Å². The van der Waals surface area contributed by atoms with E-state index in [-0.39, 0.29) is 0 Å². The predicted molar refractivity (Wildman–Crippen MR) is 67.2 cm³/mol. The van der Waals surface area contributed by atoms with Crippen molar-refractivity contribution in [2.75, 3.05) is 13.1 Å². The summed E-state index contributed by atoms with van der Waals surface area (Å²) in [6, 6.07) is 12.5. The summed E-state index contributed by atoms with van der Waals surface area (Å²) in [4.78, 5) is 4.70. The molecular formula is C14H14N2. The Bertz CT molecular complexity index is 543. The molecule has 0 saturated heterocycles. The normalized spacial score (nSPS) is 16.1. The second kappa shape index (κ2) is 4.06. The van der Waals surface area contributed by atoms with Crippen molar-refractivity contribution in [1.29, 1.82) is 0 Å². The average Bonchev–Trinajstić information content (AvgIpc) is 2.39. The van der Waals surface area contributed by atoms with Gasteiger partial charge < -0.3 is 5.32 Å². The Morgan fingerprint density at radius 3 is 2.88 bits per heavy atom. The van der Waals surface area contributed by atoms with Crippen molar-refractivity contribution in [2.24, 2.45) is 0 Å². The summed E-state index contributed by atoms with van der Waals surface area (Å²) in [7, 11) is 0. The molecule has 0 atom stereocenters. The van der Waals surface area contributed by atoms with Crippen LogP contribution in [0.4, 0.5) is 0 Å². The van der Waals surface area contributed by atoms with E-state index in [1.807, 2.05) is 12.1 Å². The molecule has 3 rings (SSSR count). The van der Waals surface area contributed by atoms with Gasteiger partial charge in [-0.15, -0.1) is 0 Å². The molecule has 0 saturated carbocycles. The Balaban J connectivity index is 2.07. The molecule has 0 spiro atoms. The summed E-state index contributed by atoms with van der Waals surface area (Å²) in [6.45, 7) is 2.02. The summed E-state index contributed by atoms with van der Waals surface area (Å²) in [5.41, 5.74) is 3.57. The van der Waals surface area contributed by atoms with E-state index in [0.29, 0.717) is 0 Å². The molecule has 0 amide bonds. The first-order valence-electron chi connectivity index (χ1n) is 5.69. The van der Waals surface area contributed by atoms with Crippen molar-refractivity contribution in [2.45, 2.75) is 6.42 Å². The van der Waals surface area contributed by atoms with Crippen LogP contribution < -0.4 is 5.32 Å². The zero-order chi connectivity index (χ0) is 10.8. The van der Waals surface area contributed by atoms with Gasteiger partial charge in [-0.2, -0.15) is 0 Å². The molecule has 1 aromatic heterocycles. The highest BCUT2D eigenvalue weighted by molar-refractivity contribution is 5.81. The van der Waals surface area contributed by atoms with Crippen molar-refractivity contribution >= 4 is 16.5 Å². The van der Waals surface area contributed by atoms with Gasteiger partial charge >= 0.3 is 0 Å². The highest BCUT2D eigenvalue weighted by atomic mass is 14.9. The first kappa shape index (κ1) is 9.55. The predicted octanol–water partition coefficient (Wildman–Crippen LogP) is 2.61. The summed E-state index contributed by atoms with van der Waals surface area (Å²) < 4.78 is 0. The molecule has 1 aliphatic rings. The van der Waals surface area contributed by atoms with Crippen LogP contribution >= 0.6 is 0 Å². The molecule has 16 heavy (non-hydrogen) atoms. The monoisotopic (exact) mass is 210 g/mol. The lowest BCUT2D eigenvalue weighted by atomic mass is 10.0. The maximum Gasteiger partial charge on any atom is 0.0709 e. The second-order valence-corrected chi connectivity index (χ2v) is 4.07. The van der Waals surface area contributed by atoms with Crippen LogP contribution in [0.2, 0.25) is 0 Å². The Morgan fingerprint density at radius 2 is 2.00 bits per heavy atom. The quantitative estimate of drug-likeness (QED) is 0.782. The molecule has 80 valence electrons. The number of benzene rings is 1. The number of hydrogen-bond donors (Lipinski definition) is 1. The SMILES string of the molecule is C1=C(c2ccc3ccccc3n2)CCNC1. The first-order valence-corrected chi connectivity index (χ1v) is 5.69. The highest BCUT2D eigenvalue weighted by Gasteiger charge is 2.07. The lowest BCUT2D eigenvalue weighted by molar-refractivity contribution is 0.737. The molecule has 0 unspecified atom stereocenters. The molecule has 0 bridgehead atoms. The largest absolute Gasteiger partial charge is 0.313 e. The van der Waals surface area contributed by atoms with Crippen LogP contribution in [0.15, 0.2) is 42.5 Å². The third-order valence-corrected chi connectivity index (χ3v) is 2.99. The minimum absolute atomic E-state index is 0.962. The zero-order valence-corrected chi connectivity index (χ0v) is 9.11. The lowest BCUT2D eigenvalue weighted by Gasteiger charge is -2.13. The van der Waals surface area contributed by atoms with Crippen LogP contribution in [0.3, 0.4) is 0 Å². The molecule has 2 aromatic rings. The molecule has 2 heteroatoms. The number of hydrogen-bond acceptors (Lipinski definition) is 2. The smallest absolute Gasteiger partial charge is 0.0709 e. The average molecular weight is 210 g/mol. The third-order valence-electron chi connectivity index (χ3n) is 2.99. The summed E-state index contributed by atoms with van der Waals surface area (Å²) in [5.74, 6) is 0. The third kappa shape index (κ3) is 1.72. The van der Waals surface area contributed by atoms with Crippen LogP contribution in [-0.4, -0.2) is 18.1 Å². The topological polar surface area (TPSA) is 24.9 Å². The first-order chi connectivity index (χ1) is 7.93. The Labute approximate surface area is 95.0 Å². The minimum atomic E-state index is 0.962. The number of para-hydroxylation sites is 1. The van der Waals surface area contributed by atoms with Gasteiger partial charge in [0, 0.05) is 11.9 Å². The van der Waals surface area contributed by atoms with Gasteiger partial charge in [0.1, 0.15) is 0 Å². The van der Waals surface area contributed by atoms with E-state index in [0.717, 1.165) is 30.7 Å². The van der Waals surface area contributed by atoms with E-state index in [4.69, 9.17) is 4.98 Å². The van der Waals surface area contributed by atoms with Crippen molar-refractivity contribution in [3.05, 3.63) is 48.2 Å². The van der Waals surface area contributed by atoms with Crippen molar-refractivity contribution in [3.63, 3.8) is 0 Å². The van der Waals surface area contributed by atoms with Gasteiger partial charge in [-0.3, -0.25) is 0 Å². The Morgan fingerprint density at radius 1 is 1.06 bits per heavy atom. The summed E-state index contributed by atoms with van der Waals surface area (Å²) in [6.07, 6.45) is 3.31. The van der Waals surface area contributed by atoms with Crippen molar-refractivity contribution in [1.82, 2.24) is 10.3 Å². The van der Waals surface area contributed by atoms with Gasteiger partial charge in [0.15, 0.2) is 0 Å². The van der Waals surface area contributed by atoms with Crippen LogP contribution in [0.25, 0.3) is 16.5 Å². The molecule has 2 heterocycles. The molecule has 1 N–H and O–H groups in total. The maximum atomic E-state index is 4.70. The number of nitrogens with one attached hydrogen (secondary N) is 1. The standard InChI is InChI=1S/C14H14N2/c1-2-4-13-11(3-1)5-6-14(16-13)12-7-9-15-10-8-12/h1-7,15H,8-10H2. The molecule has 2 nitrogen and oxygen atoms in total. The van der Waals surface area contributed by atoms with Gasteiger partial charge in [0.05, 0.1) is 11.2 Å². The molecule has 1 aromatic carbocycles. The van der Waals surface area contributed by atoms with E-state index in [9.17, 15) is 0 Å². The number of pyridine rings is 1. The van der Waals surface area contributed by atoms with Crippen LogP contribution in [-0.2, 0) is 0 Å². The van der Waals surface area contributed by atoms with Gasteiger partial charge in [-0.25, -0.2) is 4.98 Å². The fraction of sp³-hybridized carbons (Fsp3) is 0.214. The highest BCUT2D eigenvalue weighted by Crippen LogP contribution is 2.20. The van der Waals surface area contributed by atoms with E-state index in [1.54, 1.807) is 0 Å². The van der Waals surface area contributed by atoms with Gasteiger partial charge in [-0.1, -0.05) is 30.3 Å². The molecule has 0 radical (unpaired) electrons. The van der Waals surface area contributed by atoms with Gasteiger partial charge in [-0.05, 0) is 30.7 Å². The van der Waals surface area contributed by atoms with Crippen LogP contribution in [0.1, 0.15) is 12.1 Å². The minimum Gasteiger partial charge on any atom is -0.313 e. The number of nitrogens with zero attached hydrogens (tertiary/aromatic N) is 1. The van der Waals surface area contributed by atoms with Gasteiger partial charge in [0.25, 0.3) is 0 Å². The summed E-state index contributed by atoms with van der Waals surface area (Å²) in [5, 5.41) is 4.53. The summed E-state index contributed by atoms with van der Waals surface area (Å²) >= 11 is 0. The molecule has 0 aliphatic carbocycles. The number of rotatable bonds is 1. The second-order valence-electron chi connectivity index (χ2n) is 4.07. The lowest BCUT2D eigenvalue weighted by Crippen LogP contribution is -2.20. The van der Waals surface area contributed by atoms with Crippen molar-refractivity contribution < 1.29 is 0 Å². The van der Waals surface area contributed by atoms with E-state index < -0.39 is 0 Å². The zero-order valence-electron chi connectivity index (χ0n) is 9.11. The number of fused-ring (bicyclic) bond motifs is 1. The Kier molecular flexibility index (Phi) is 2.43. The molecular weight excluding hydrogens is 196 g/mol. The fourth-order valence-corrected chi connectivity index (χ4v) is 2.10. The molecule has 1 aliphatic heterocycles. The Hall–Kier alpha value is -1.67. The van der Waals surface area contributed by atoms with Crippen LogP contribution in [0, 0.1) is 0 Å². The molecule has 0 fully saturated rings. The van der Waals surface area contributed by atoms with Gasteiger partial charge in [0.2, 0.25) is 0 Å². The maximum absolute atomic E-state index is 4.70. The fourth-order valence-electron chi connectivity index (χ4n) is 2.10.